The van der Waals surface area contributed by atoms with Gasteiger partial charge in [0.25, 0.3) is 9.05 Å². The third-order valence-electron chi connectivity index (χ3n) is 1.67. The van der Waals surface area contributed by atoms with Crippen molar-refractivity contribution in [1.82, 2.24) is 0 Å². The fraction of sp³-hybridized carbons (Fsp3) is 0.125. The van der Waals surface area contributed by atoms with E-state index in [1.54, 1.807) is 0 Å². The highest BCUT2D eigenvalue weighted by Crippen LogP contribution is 2.33. The molecular formula is C8H5Cl2F2NO3S. The fourth-order valence-electron chi connectivity index (χ4n) is 1.08. The Labute approximate surface area is 105 Å². The average molecular weight is 304 g/mol. The average Bonchev–Trinajstić information content (AvgIpc) is 2.10. The Morgan fingerprint density at radius 3 is 2.35 bits per heavy atom. The largest absolute Gasteiger partial charge is 0.325 e. The molecule has 0 bridgehead atoms. The molecule has 0 atom stereocenters. The van der Waals surface area contributed by atoms with Gasteiger partial charge >= 0.3 is 0 Å². The fourth-order valence-corrected chi connectivity index (χ4v) is 2.37. The van der Waals surface area contributed by atoms with Gasteiger partial charge in [0.1, 0.15) is 10.8 Å². The van der Waals surface area contributed by atoms with Crippen LogP contribution in [0.5, 0.6) is 0 Å². The standard InChI is InChI=1S/C8H5Cl2F2NO3S/c1-3(14)13-5-2-4(11)8(17(10,15)16)7(12)6(5)9/h2H,1H3,(H,13,14). The summed E-state index contributed by atoms with van der Waals surface area (Å²) in [5.41, 5.74) is -0.377. The second kappa shape index (κ2) is 4.75. The number of carbonyl (C=O) groups excluding carboxylic acids is 1. The van der Waals surface area contributed by atoms with E-state index in [9.17, 15) is 22.0 Å². The van der Waals surface area contributed by atoms with Gasteiger partial charge in [-0.05, 0) is 0 Å². The Morgan fingerprint density at radius 1 is 1.41 bits per heavy atom. The summed E-state index contributed by atoms with van der Waals surface area (Å²) in [7, 11) is 0.239. The van der Waals surface area contributed by atoms with Crippen molar-refractivity contribution in [3.8, 4) is 0 Å². The van der Waals surface area contributed by atoms with Gasteiger partial charge in [-0.25, -0.2) is 17.2 Å². The van der Waals surface area contributed by atoms with Crippen LogP contribution in [0.25, 0.3) is 0 Å². The molecule has 0 radical (unpaired) electrons. The molecule has 1 rings (SSSR count). The lowest BCUT2D eigenvalue weighted by Gasteiger charge is -2.09. The van der Waals surface area contributed by atoms with E-state index in [2.05, 4.69) is 0 Å². The van der Waals surface area contributed by atoms with Crippen molar-refractivity contribution in [2.45, 2.75) is 11.8 Å². The van der Waals surface area contributed by atoms with Crippen molar-refractivity contribution in [1.29, 1.82) is 0 Å². The van der Waals surface area contributed by atoms with E-state index in [1.165, 1.54) is 0 Å². The maximum Gasteiger partial charge on any atom is 0.267 e. The number of halogens is 4. The Morgan fingerprint density at radius 2 is 1.94 bits per heavy atom. The maximum absolute atomic E-state index is 13.5. The van der Waals surface area contributed by atoms with Crippen molar-refractivity contribution in [2.75, 3.05) is 5.32 Å². The number of anilines is 1. The van der Waals surface area contributed by atoms with E-state index in [1.807, 2.05) is 5.32 Å². The SMILES string of the molecule is CC(=O)Nc1cc(F)c(S(=O)(=O)Cl)c(F)c1Cl. The normalized spacial score (nSPS) is 11.4. The number of amides is 1. The minimum Gasteiger partial charge on any atom is -0.325 e. The van der Waals surface area contributed by atoms with Crippen molar-refractivity contribution in [3.63, 3.8) is 0 Å². The van der Waals surface area contributed by atoms with Gasteiger partial charge in [0.2, 0.25) is 5.91 Å². The first kappa shape index (κ1) is 14.1. The van der Waals surface area contributed by atoms with Crippen LogP contribution < -0.4 is 5.32 Å². The van der Waals surface area contributed by atoms with E-state index in [0.29, 0.717) is 6.07 Å². The minimum atomic E-state index is -4.61. The monoisotopic (exact) mass is 303 g/mol. The van der Waals surface area contributed by atoms with Crippen molar-refractivity contribution in [2.24, 2.45) is 0 Å². The van der Waals surface area contributed by atoms with Crippen LogP contribution in [0.1, 0.15) is 6.92 Å². The Bertz CT molecular complexity index is 589. The Balaban J connectivity index is 3.53. The first-order valence-corrected chi connectivity index (χ1v) is 6.73. The number of benzene rings is 1. The molecule has 0 heterocycles. The number of hydrogen-bond acceptors (Lipinski definition) is 3. The summed E-state index contributed by atoms with van der Waals surface area (Å²) in [5, 5.41) is 1.31. The molecule has 0 spiro atoms. The summed E-state index contributed by atoms with van der Waals surface area (Å²) in [4.78, 5) is 9.36. The summed E-state index contributed by atoms with van der Waals surface area (Å²) in [6, 6.07) is 0.572. The zero-order chi connectivity index (χ0) is 13.4. The van der Waals surface area contributed by atoms with Crippen LogP contribution in [-0.4, -0.2) is 14.3 Å². The van der Waals surface area contributed by atoms with Crippen molar-refractivity contribution >= 4 is 42.9 Å². The first-order valence-electron chi connectivity index (χ1n) is 4.04. The van der Waals surface area contributed by atoms with E-state index >= 15 is 0 Å². The van der Waals surface area contributed by atoms with Crippen molar-refractivity contribution in [3.05, 3.63) is 22.7 Å². The molecule has 0 aliphatic rings. The summed E-state index contributed by atoms with van der Waals surface area (Å²) in [6.45, 7) is 1.10. The van der Waals surface area contributed by atoms with Crippen LogP contribution in [0, 0.1) is 11.6 Å². The predicted molar refractivity (Wildman–Crippen MR) is 58.7 cm³/mol. The molecule has 0 saturated heterocycles. The van der Waals surface area contributed by atoms with E-state index in [4.69, 9.17) is 22.3 Å². The summed E-state index contributed by atoms with van der Waals surface area (Å²) in [6.07, 6.45) is 0. The second-order valence-electron chi connectivity index (χ2n) is 2.98. The molecule has 1 amide bonds. The molecule has 0 aliphatic carbocycles. The van der Waals surface area contributed by atoms with E-state index in [0.717, 1.165) is 6.92 Å². The Kier molecular flexibility index (Phi) is 3.95. The third kappa shape index (κ3) is 3.05. The maximum atomic E-state index is 13.5. The van der Waals surface area contributed by atoms with Crippen molar-refractivity contribution < 1.29 is 22.0 Å². The van der Waals surface area contributed by atoms with Gasteiger partial charge in [0.05, 0.1) is 5.69 Å². The van der Waals surface area contributed by atoms with Gasteiger partial charge in [-0.15, -0.1) is 0 Å². The van der Waals surface area contributed by atoms with Gasteiger partial charge in [0, 0.05) is 23.7 Å². The zero-order valence-corrected chi connectivity index (χ0v) is 10.6. The number of nitrogens with one attached hydrogen (secondary N) is 1. The van der Waals surface area contributed by atoms with Crippen LogP contribution in [0.3, 0.4) is 0 Å². The van der Waals surface area contributed by atoms with Gasteiger partial charge in [-0.2, -0.15) is 0 Å². The van der Waals surface area contributed by atoms with E-state index in [-0.39, 0.29) is 5.69 Å². The minimum absolute atomic E-state index is 0.377. The molecule has 0 unspecified atom stereocenters. The summed E-state index contributed by atoms with van der Waals surface area (Å²) in [5.74, 6) is -3.61. The summed E-state index contributed by atoms with van der Waals surface area (Å²) < 4.78 is 48.6. The van der Waals surface area contributed by atoms with Gasteiger partial charge < -0.3 is 5.32 Å². The molecule has 9 heteroatoms. The molecule has 0 fully saturated rings. The number of hydrogen-bond donors (Lipinski definition) is 1. The molecule has 1 N–H and O–H groups in total. The predicted octanol–water partition coefficient (Wildman–Crippen LogP) is 2.50. The van der Waals surface area contributed by atoms with Gasteiger partial charge in [-0.1, -0.05) is 11.6 Å². The molecule has 1 aromatic carbocycles. The Hall–Kier alpha value is -0.920. The molecular weight excluding hydrogens is 299 g/mol. The van der Waals surface area contributed by atoms with Crippen LogP contribution in [0.2, 0.25) is 5.02 Å². The highest BCUT2D eigenvalue weighted by molar-refractivity contribution is 8.13. The smallest absolute Gasteiger partial charge is 0.267 e. The van der Waals surface area contributed by atoms with Gasteiger partial charge in [-0.3, -0.25) is 4.79 Å². The highest BCUT2D eigenvalue weighted by atomic mass is 35.7. The first-order chi connectivity index (χ1) is 7.64. The highest BCUT2D eigenvalue weighted by Gasteiger charge is 2.26. The molecule has 4 nitrogen and oxygen atoms in total. The number of rotatable bonds is 2. The van der Waals surface area contributed by atoms with Crippen LogP contribution in [-0.2, 0) is 13.8 Å². The molecule has 17 heavy (non-hydrogen) atoms. The molecule has 0 aliphatic heterocycles. The lowest BCUT2D eigenvalue weighted by Crippen LogP contribution is -2.09. The lowest BCUT2D eigenvalue weighted by atomic mass is 10.3. The summed E-state index contributed by atoms with van der Waals surface area (Å²) >= 11 is 5.44. The van der Waals surface area contributed by atoms with Crippen LogP contribution >= 0.6 is 22.3 Å². The molecule has 0 aromatic heterocycles. The zero-order valence-electron chi connectivity index (χ0n) is 8.22. The molecule has 0 saturated carbocycles. The van der Waals surface area contributed by atoms with Crippen LogP contribution in [0.4, 0.5) is 14.5 Å². The number of carbonyl (C=O) groups is 1. The third-order valence-corrected chi connectivity index (χ3v) is 3.37. The lowest BCUT2D eigenvalue weighted by molar-refractivity contribution is -0.114. The van der Waals surface area contributed by atoms with Crippen LogP contribution in [0.15, 0.2) is 11.0 Å². The topological polar surface area (TPSA) is 63.2 Å². The quantitative estimate of drug-likeness (QED) is 0.674. The molecule has 94 valence electrons. The molecule has 1 aromatic rings. The van der Waals surface area contributed by atoms with E-state index < -0.39 is 36.5 Å². The second-order valence-corrected chi connectivity index (χ2v) is 5.86. The van der Waals surface area contributed by atoms with Gasteiger partial charge in [0.15, 0.2) is 10.7 Å².